The number of amides is 1. The van der Waals surface area contributed by atoms with Crippen molar-refractivity contribution >= 4 is 33.3 Å². The lowest BCUT2D eigenvalue weighted by atomic mass is 9.97. The van der Waals surface area contributed by atoms with Crippen LogP contribution < -0.4 is 11.1 Å². The highest BCUT2D eigenvalue weighted by molar-refractivity contribution is 7.85. The van der Waals surface area contributed by atoms with Gasteiger partial charge in [0, 0.05) is 22.0 Å². The van der Waals surface area contributed by atoms with E-state index < -0.39 is 16.7 Å². The number of pyridine rings is 2. The number of nitrogens with two attached hydrogens (primary N) is 1. The van der Waals surface area contributed by atoms with E-state index in [2.05, 4.69) is 34.6 Å². The van der Waals surface area contributed by atoms with Gasteiger partial charge in [0.1, 0.15) is 11.6 Å². The normalized spacial score (nSPS) is 11.3. The molecule has 5 rings (SSSR count). The van der Waals surface area contributed by atoms with Gasteiger partial charge in [-0.25, -0.2) is 4.98 Å². The molecule has 38 heavy (non-hydrogen) atoms. The zero-order valence-electron chi connectivity index (χ0n) is 21.4. The minimum absolute atomic E-state index is 0.216. The number of fused-ring (bicyclic) bond motifs is 1. The lowest BCUT2D eigenvalue weighted by Gasteiger charge is -2.15. The van der Waals surface area contributed by atoms with Crippen LogP contribution in [-0.2, 0) is 22.1 Å². The molecule has 3 aromatic carbocycles. The maximum absolute atomic E-state index is 12.5. The van der Waals surface area contributed by atoms with Gasteiger partial charge >= 0.3 is 0 Å². The van der Waals surface area contributed by atoms with Crippen molar-refractivity contribution in [2.45, 2.75) is 25.3 Å². The van der Waals surface area contributed by atoms with E-state index in [1.54, 1.807) is 18.3 Å². The summed E-state index contributed by atoms with van der Waals surface area (Å²) in [5.74, 6) is -0.0837. The summed E-state index contributed by atoms with van der Waals surface area (Å²) in [7, 11) is -1.51. The molecule has 0 spiro atoms. The van der Waals surface area contributed by atoms with E-state index in [0.717, 1.165) is 44.7 Å². The predicted octanol–water partition coefficient (Wildman–Crippen LogP) is 6.20. The topological polar surface area (TPSA) is 98.0 Å². The summed E-state index contributed by atoms with van der Waals surface area (Å²) in [4.78, 5) is 21.2. The molecular weight excluding hydrogens is 492 g/mol. The number of aromatic nitrogens is 2. The first kappa shape index (κ1) is 26.7. The second-order valence-corrected chi connectivity index (χ2v) is 9.74. The van der Waals surface area contributed by atoms with Gasteiger partial charge in [0.05, 0.1) is 28.7 Å². The summed E-state index contributed by atoms with van der Waals surface area (Å²) >= 11 is 0. The number of carbonyl (C=O) groups excluding carboxylic acids is 1. The molecule has 1 atom stereocenters. The van der Waals surface area contributed by atoms with Crippen molar-refractivity contribution in [1.82, 2.24) is 9.97 Å². The Morgan fingerprint density at radius 3 is 2.34 bits per heavy atom. The fourth-order valence-electron chi connectivity index (χ4n) is 4.13. The van der Waals surface area contributed by atoms with Crippen LogP contribution in [0.5, 0.6) is 0 Å². The minimum atomic E-state index is -1.51. The number of nitrogens with zero attached hydrogens (tertiary/aromatic N) is 2. The summed E-state index contributed by atoms with van der Waals surface area (Å²) in [5.41, 5.74) is 9.86. The van der Waals surface area contributed by atoms with E-state index in [9.17, 15) is 9.00 Å². The lowest BCUT2D eigenvalue weighted by Crippen LogP contribution is -2.19. The molecule has 2 aromatic heterocycles. The van der Waals surface area contributed by atoms with Crippen LogP contribution in [0.25, 0.3) is 33.2 Å². The molecule has 0 fully saturated rings. The van der Waals surface area contributed by atoms with Gasteiger partial charge in [-0.2, -0.15) is 0 Å². The zero-order valence-corrected chi connectivity index (χ0v) is 22.2. The van der Waals surface area contributed by atoms with Crippen molar-refractivity contribution in [2.75, 3.05) is 11.1 Å². The molecule has 0 radical (unpaired) electrons. The van der Waals surface area contributed by atoms with Gasteiger partial charge in [0.15, 0.2) is 0 Å². The number of anilines is 1. The molecule has 5 aromatic rings. The Morgan fingerprint density at radius 1 is 0.868 bits per heavy atom. The molecule has 0 saturated heterocycles. The molecule has 0 bridgehead atoms. The Hall–Kier alpha value is -4.36. The van der Waals surface area contributed by atoms with E-state index in [1.807, 2.05) is 74.5 Å². The van der Waals surface area contributed by atoms with Crippen LogP contribution in [-0.4, -0.2) is 25.8 Å². The number of nitrogens with one attached hydrogen (secondary N) is 1. The molecule has 1 unspecified atom stereocenters. The molecule has 2 heterocycles. The van der Waals surface area contributed by atoms with E-state index in [1.165, 1.54) is 0 Å². The van der Waals surface area contributed by atoms with Crippen molar-refractivity contribution < 1.29 is 9.00 Å². The van der Waals surface area contributed by atoms with Crippen molar-refractivity contribution in [3.63, 3.8) is 0 Å². The molecule has 0 saturated carbocycles. The SMILES string of the molecule is CC.NC(=O)CS(=O)c1cccc(-c2cc3cccc(-c4ccccc4)c3c(NCc3ccccn3)n2)c1. The van der Waals surface area contributed by atoms with E-state index in [4.69, 9.17) is 10.7 Å². The van der Waals surface area contributed by atoms with Crippen LogP contribution in [0.4, 0.5) is 5.82 Å². The molecule has 0 aliphatic heterocycles. The smallest absolute Gasteiger partial charge is 0.230 e. The molecular formula is C31H30N4O2S. The maximum atomic E-state index is 12.5. The maximum Gasteiger partial charge on any atom is 0.230 e. The highest BCUT2D eigenvalue weighted by atomic mass is 32.2. The number of hydrogen-bond donors (Lipinski definition) is 2. The van der Waals surface area contributed by atoms with Gasteiger partial charge in [0.25, 0.3) is 0 Å². The van der Waals surface area contributed by atoms with Crippen LogP contribution in [0, 0.1) is 0 Å². The Labute approximate surface area is 225 Å². The van der Waals surface area contributed by atoms with Gasteiger partial charge < -0.3 is 11.1 Å². The first-order chi connectivity index (χ1) is 18.6. The molecule has 0 aliphatic carbocycles. The van der Waals surface area contributed by atoms with E-state index in [-0.39, 0.29) is 5.75 Å². The van der Waals surface area contributed by atoms with Gasteiger partial charge in [-0.3, -0.25) is 14.0 Å². The molecule has 7 heteroatoms. The Kier molecular flexibility index (Phi) is 8.95. The quantitative estimate of drug-likeness (QED) is 0.253. The molecule has 1 amide bonds. The second-order valence-electron chi connectivity index (χ2n) is 8.28. The predicted molar refractivity (Wildman–Crippen MR) is 156 cm³/mol. The number of benzene rings is 3. The average molecular weight is 523 g/mol. The van der Waals surface area contributed by atoms with Crippen molar-refractivity contribution in [3.05, 3.63) is 109 Å². The monoisotopic (exact) mass is 522 g/mol. The van der Waals surface area contributed by atoms with Crippen LogP contribution in [0.2, 0.25) is 0 Å². The van der Waals surface area contributed by atoms with Gasteiger partial charge in [-0.1, -0.05) is 80.6 Å². The number of carbonyl (C=O) groups is 1. The van der Waals surface area contributed by atoms with Gasteiger partial charge in [0.2, 0.25) is 5.91 Å². The summed E-state index contributed by atoms with van der Waals surface area (Å²) in [6.07, 6.45) is 1.77. The fraction of sp³-hybridized carbons (Fsp3) is 0.129. The Bertz CT molecular complexity index is 1560. The molecule has 0 aliphatic rings. The molecule has 6 nitrogen and oxygen atoms in total. The largest absolute Gasteiger partial charge is 0.369 e. The third-order valence-corrected chi connectivity index (χ3v) is 7.10. The lowest BCUT2D eigenvalue weighted by molar-refractivity contribution is -0.115. The van der Waals surface area contributed by atoms with Gasteiger partial charge in [-0.15, -0.1) is 0 Å². The summed E-state index contributed by atoms with van der Waals surface area (Å²) in [6, 6.07) is 31.5. The Balaban J connectivity index is 0.00000164. The number of rotatable bonds is 8. The summed E-state index contributed by atoms with van der Waals surface area (Å²) < 4.78 is 12.5. The summed E-state index contributed by atoms with van der Waals surface area (Å²) in [5, 5.41) is 5.53. The first-order valence-corrected chi connectivity index (χ1v) is 13.8. The van der Waals surface area contributed by atoms with Gasteiger partial charge in [-0.05, 0) is 46.8 Å². The minimum Gasteiger partial charge on any atom is -0.369 e. The average Bonchev–Trinajstić information content (AvgIpc) is 2.97. The van der Waals surface area contributed by atoms with Crippen LogP contribution in [0.1, 0.15) is 19.5 Å². The third-order valence-electron chi connectivity index (χ3n) is 5.77. The fourth-order valence-corrected chi connectivity index (χ4v) is 5.05. The van der Waals surface area contributed by atoms with Crippen molar-refractivity contribution in [1.29, 1.82) is 0 Å². The summed E-state index contributed by atoms with van der Waals surface area (Å²) in [6.45, 7) is 4.51. The second kappa shape index (κ2) is 12.7. The molecule has 192 valence electrons. The number of primary amides is 1. The zero-order chi connectivity index (χ0) is 26.9. The highest BCUT2D eigenvalue weighted by Gasteiger charge is 2.15. The van der Waals surface area contributed by atoms with Crippen molar-refractivity contribution in [3.8, 4) is 22.4 Å². The molecule has 3 N–H and O–H groups in total. The Morgan fingerprint density at radius 2 is 1.61 bits per heavy atom. The highest BCUT2D eigenvalue weighted by Crippen LogP contribution is 2.36. The van der Waals surface area contributed by atoms with E-state index in [0.29, 0.717) is 11.4 Å². The van der Waals surface area contributed by atoms with Crippen molar-refractivity contribution in [2.24, 2.45) is 5.73 Å². The van der Waals surface area contributed by atoms with E-state index >= 15 is 0 Å². The van der Waals surface area contributed by atoms with Crippen LogP contribution in [0.3, 0.4) is 0 Å². The van der Waals surface area contributed by atoms with Crippen LogP contribution >= 0.6 is 0 Å². The van der Waals surface area contributed by atoms with Crippen LogP contribution in [0.15, 0.2) is 108 Å². The third kappa shape index (κ3) is 6.30. The number of hydrogen-bond acceptors (Lipinski definition) is 5. The standard InChI is InChI=1S/C29H24N4O2S.C2H6/c30-27(34)19-36(35)24-13-6-10-21(16-24)26-17-22-11-7-14-25(20-8-2-1-3-9-20)28(22)29(33-26)32-18-23-12-4-5-15-31-23;1-2/h1-17H,18-19H2,(H2,30,34)(H,32,33);1-2H3. The first-order valence-electron chi connectivity index (χ1n) is 12.5.